The molecule has 0 unspecified atom stereocenters. The van der Waals surface area contributed by atoms with E-state index in [1.54, 1.807) is 12.1 Å². The molecule has 0 saturated heterocycles. The SMILES string of the molecule is O=C(Nc1ccc([N+](=O)[O-])c(Cl)c1)c1ccccc1I. The fourth-order valence-electron chi connectivity index (χ4n) is 1.58. The number of anilines is 1. The predicted octanol–water partition coefficient (Wildman–Crippen LogP) is 4.11. The Hall–Kier alpha value is -1.67. The van der Waals surface area contributed by atoms with Crippen LogP contribution in [0.2, 0.25) is 5.02 Å². The third kappa shape index (κ3) is 3.26. The van der Waals surface area contributed by atoms with Gasteiger partial charge in [0.15, 0.2) is 0 Å². The highest BCUT2D eigenvalue weighted by Gasteiger charge is 2.14. The van der Waals surface area contributed by atoms with Gasteiger partial charge in [-0.2, -0.15) is 0 Å². The Morgan fingerprint density at radius 1 is 1.25 bits per heavy atom. The van der Waals surface area contributed by atoms with Gasteiger partial charge in [0.25, 0.3) is 11.6 Å². The van der Waals surface area contributed by atoms with Crippen molar-refractivity contribution in [2.45, 2.75) is 0 Å². The van der Waals surface area contributed by atoms with Crippen LogP contribution >= 0.6 is 34.2 Å². The maximum Gasteiger partial charge on any atom is 0.288 e. The van der Waals surface area contributed by atoms with Gasteiger partial charge >= 0.3 is 0 Å². The van der Waals surface area contributed by atoms with Gasteiger partial charge in [0.1, 0.15) is 5.02 Å². The number of nitrogens with zero attached hydrogens (tertiary/aromatic N) is 1. The summed E-state index contributed by atoms with van der Waals surface area (Å²) in [6.45, 7) is 0. The van der Waals surface area contributed by atoms with Gasteiger partial charge in [0.2, 0.25) is 0 Å². The van der Waals surface area contributed by atoms with Crippen LogP contribution in [-0.4, -0.2) is 10.8 Å². The molecule has 20 heavy (non-hydrogen) atoms. The molecule has 0 spiro atoms. The summed E-state index contributed by atoms with van der Waals surface area (Å²) >= 11 is 7.85. The number of hydrogen-bond acceptors (Lipinski definition) is 3. The number of halogens is 2. The molecule has 5 nitrogen and oxygen atoms in total. The van der Waals surface area contributed by atoms with Gasteiger partial charge in [-0.05, 0) is 46.9 Å². The molecule has 1 amide bonds. The molecule has 0 heterocycles. The van der Waals surface area contributed by atoms with Crippen molar-refractivity contribution in [2.24, 2.45) is 0 Å². The van der Waals surface area contributed by atoms with E-state index in [1.807, 2.05) is 12.1 Å². The van der Waals surface area contributed by atoms with E-state index in [-0.39, 0.29) is 16.6 Å². The van der Waals surface area contributed by atoms with Crippen LogP contribution in [0.25, 0.3) is 0 Å². The van der Waals surface area contributed by atoms with Gasteiger partial charge in [-0.25, -0.2) is 0 Å². The van der Waals surface area contributed by atoms with Gasteiger partial charge in [0.05, 0.1) is 10.5 Å². The first-order chi connectivity index (χ1) is 9.49. The minimum Gasteiger partial charge on any atom is -0.322 e. The number of nitrogens with one attached hydrogen (secondary N) is 1. The van der Waals surface area contributed by atoms with Crippen LogP contribution in [0.4, 0.5) is 11.4 Å². The van der Waals surface area contributed by atoms with E-state index in [0.717, 1.165) is 3.57 Å². The number of carbonyl (C=O) groups is 1. The molecule has 0 aromatic heterocycles. The smallest absolute Gasteiger partial charge is 0.288 e. The maximum absolute atomic E-state index is 12.1. The second-order valence-electron chi connectivity index (χ2n) is 3.86. The van der Waals surface area contributed by atoms with E-state index in [1.165, 1.54) is 18.2 Å². The number of carbonyl (C=O) groups excluding carboxylic acids is 1. The predicted molar refractivity (Wildman–Crippen MR) is 85.2 cm³/mol. The Bertz CT molecular complexity index is 691. The normalized spacial score (nSPS) is 10.1. The minimum absolute atomic E-state index is 0.0180. The zero-order valence-corrected chi connectivity index (χ0v) is 12.9. The van der Waals surface area contributed by atoms with E-state index in [4.69, 9.17) is 11.6 Å². The summed E-state index contributed by atoms with van der Waals surface area (Å²) in [5, 5.41) is 13.3. The number of hydrogen-bond donors (Lipinski definition) is 1. The molecule has 0 saturated carbocycles. The summed E-state index contributed by atoms with van der Waals surface area (Å²) in [6, 6.07) is 11.2. The number of nitro groups is 1. The van der Waals surface area contributed by atoms with Crippen molar-refractivity contribution in [3.63, 3.8) is 0 Å². The molecule has 0 aliphatic heterocycles. The molecule has 0 radical (unpaired) electrons. The van der Waals surface area contributed by atoms with E-state index in [9.17, 15) is 14.9 Å². The summed E-state index contributed by atoms with van der Waals surface area (Å²) in [6.07, 6.45) is 0. The summed E-state index contributed by atoms with van der Waals surface area (Å²) in [4.78, 5) is 22.2. The third-order valence-electron chi connectivity index (χ3n) is 2.52. The van der Waals surface area contributed by atoms with Crippen molar-refractivity contribution < 1.29 is 9.72 Å². The first-order valence-corrected chi connectivity index (χ1v) is 6.94. The van der Waals surface area contributed by atoms with Crippen molar-refractivity contribution >= 4 is 51.5 Å². The second-order valence-corrected chi connectivity index (χ2v) is 5.43. The topological polar surface area (TPSA) is 72.2 Å². The molecule has 2 rings (SSSR count). The molecule has 0 bridgehead atoms. The van der Waals surface area contributed by atoms with Crippen molar-refractivity contribution in [1.82, 2.24) is 0 Å². The van der Waals surface area contributed by atoms with Crippen molar-refractivity contribution in [3.8, 4) is 0 Å². The summed E-state index contributed by atoms with van der Waals surface area (Å²) in [7, 11) is 0. The van der Waals surface area contributed by atoms with Crippen molar-refractivity contribution in [3.05, 3.63) is 66.7 Å². The monoisotopic (exact) mass is 402 g/mol. The lowest BCUT2D eigenvalue weighted by Gasteiger charge is -2.07. The second kappa shape index (κ2) is 6.19. The lowest BCUT2D eigenvalue weighted by atomic mass is 10.2. The molecule has 0 fully saturated rings. The molecule has 102 valence electrons. The number of benzene rings is 2. The summed E-state index contributed by atoms with van der Waals surface area (Å²) < 4.78 is 0.815. The van der Waals surface area contributed by atoms with Gasteiger partial charge in [-0.3, -0.25) is 14.9 Å². The highest BCUT2D eigenvalue weighted by molar-refractivity contribution is 14.1. The molecule has 0 atom stereocenters. The Morgan fingerprint density at radius 3 is 2.55 bits per heavy atom. The van der Waals surface area contributed by atoms with Crippen LogP contribution in [0.15, 0.2) is 42.5 Å². The minimum atomic E-state index is -0.575. The molecular formula is C13H8ClIN2O3. The fourth-order valence-corrected chi connectivity index (χ4v) is 2.46. The first kappa shape index (κ1) is 14.7. The van der Waals surface area contributed by atoms with Gasteiger partial charge in [0, 0.05) is 15.3 Å². The lowest BCUT2D eigenvalue weighted by molar-refractivity contribution is -0.384. The van der Waals surface area contributed by atoms with Crippen molar-refractivity contribution in [2.75, 3.05) is 5.32 Å². The zero-order chi connectivity index (χ0) is 14.7. The molecule has 0 aliphatic rings. The zero-order valence-electron chi connectivity index (χ0n) is 9.97. The Kier molecular flexibility index (Phi) is 4.56. The standard InChI is InChI=1S/C13H8ClIN2O3/c14-10-7-8(5-6-12(10)17(19)20)16-13(18)9-3-1-2-4-11(9)15/h1-7H,(H,16,18). The average Bonchev–Trinajstić information content (AvgIpc) is 2.38. The van der Waals surface area contributed by atoms with E-state index in [0.29, 0.717) is 11.3 Å². The van der Waals surface area contributed by atoms with E-state index >= 15 is 0 Å². The summed E-state index contributed by atoms with van der Waals surface area (Å²) in [5.41, 5.74) is 0.742. The van der Waals surface area contributed by atoms with E-state index in [2.05, 4.69) is 27.9 Å². The van der Waals surface area contributed by atoms with Crippen LogP contribution in [-0.2, 0) is 0 Å². The Labute approximate surface area is 133 Å². The largest absolute Gasteiger partial charge is 0.322 e. The number of rotatable bonds is 3. The molecule has 2 aromatic rings. The first-order valence-electron chi connectivity index (χ1n) is 5.49. The molecular weight excluding hydrogens is 395 g/mol. The lowest BCUT2D eigenvalue weighted by Crippen LogP contribution is -2.13. The van der Waals surface area contributed by atoms with Crippen LogP contribution < -0.4 is 5.32 Å². The highest BCUT2D eigenvalue weighted by Crippen LogP contribution is 2.27. The molecule has 0 aliphatic carbocycles. The van der Waals surface area contributed by atoms with Gasteiger partial charge in [-0.15, -0.1) is 0 Å². The molecule has 2 aromatic carbocycles. The van der Waals surface area contributed by atoms with Crippen LogP contribution in [0.1, 0.15) is 10.4 Å². The Balaban J connectivity index is 2.23. The fraction of sp³-hybridized carbons (Fsp3) is 0. The molecule has 1 N–H and O–H groups in total. The van der Waals surface area contributed by atoms with E-state index < -0.39 is 4.92 Å². The van der Waals surface area contributed by atoms with Gasteiger partial charge < -0.3 is 5.32 Å². The maximum atomic E-state index is 12.1. The summed E-state index contributed by atoms with van der Waals surface area (Å²) in [5.74, 6) is -0.292. The van der Waals surface area contributed by atoms with Crippen LogP contribution in [0.5, 0.6) is 0 Å². The van der Waals surface area contributed by atoms with Crippen LogP contribution in [0, 0.1) is 13.7 Å². The Morgan fingerprint density at radius 2 is 1.95 bits per heavy atom. The quantitative estimate of drug-likeness (QED) is 0.477. The van der Waals surface area contributed by atoms with Crippen LogP contribution in [0.3, 0.4) is 0 Å². The molecule has 7 heteroatoms. The number of amides is 1. The highest BCUT2D eigenvalue weighted by atomic mass is 127. The van der Waals surface area contributed by atoms with Crippen molar-refractivity contribution in [1.29, 1.82) is 0 Å². The van der Waals surface area contributed by atoms with Gasteiger partial charge in [-0.1, -0.05) is 23.7 Å². The number of nitro benzene ring substituents is 1. The average molecular weight is 403 g/mol. The third-order valence-corrected chi connectivity index (χ3v) is 3.76.